The Hall–Kier alpha value is -1.39. The van der Waals surface area contributed by atoms with Gasteiger partial charge in [0.2, 0.25) is 0 Å². The molecule has 0 bridgehead atoms. The van der Waals surface area contributed by atoms with E-state index in [4.69, 9.17) is 4.74 Å². The van der Waals surface area contributed by atoms with Gasteiger partial charge in [-0.1, -0.05) is 28.1 Å². The Morgan fingerprint density at radius 2 is 2.05 bits per heavy atom. The molecular weight excluding hydrogens is 306 g/mol. The number of ether oxygens (including phenoxy) is 1. The summed E-state index contributed by atoms with van der Waals surface area (Å²) in [5, 5.41) is 10.4. The molecule has 1 unspecified atom stereocenters. The maximum absolute atomic E-state index is 10.4. The molecule has 0 amide bonds. The summed E-state index contributed by atoms with van der Waals surface area (Å²) in [7, 11) is 0. The van der Waals surface area contributed by atoms with Crippen molar-refractivity contribution in [3.63, 3.8) is 0 Å². The largest absolute Gasteiger partial charge is 0.492 e. The maximum atomic E-state index is 10.4. The third-order valence-corrected chi connectivity index (χ3v) is 3.73. The monoisotopic (exact) mass is 321 g/mol. The van der Waals surface area contributed by atoms with Gasteiger partial charge in [-0.25, -0.2) is 0 Å². The number of hydrogen-bond acceptors (Lipinski definition) is 3. The molecule has 1 aromatic carbocycles. The Kier molecular flexibility index (Phi) is 4.56. The van der Waals surface area contributed by atoms with Crippen molar-refractivity contribution in [3.8, 4) is 5.75 Å². The predicted octanol–water partition coefficient (Wildman–Crippen LogP) is 3.63. The molecule has 0 saturated carbocycles. The maximum Gasteiger partial charge on any atom is 0.137 e. The first-order valence-electron chi connectivity index (χ1n) is 6.13. The zero-order chi connectivity index (χ0) is 13.8. The van der Waals surface area contributed by atoms with Crippen LogP contribution in [-0.4, -0.2) is 16.7 Å². The topological polar surface area (TPSA) is 42.4 Å². The molecule has 3 nitrogen and oxygen atoms in total. The van der Waals surface area contributed by atoms with Crippen LogP contribution in [-0.2, 0) is 0 Å². The zero-order valence-electron chi connectivity index (χ0n) is 10.9. The summed E-state index contributed by atoms with van der Waals surface area (Å²) in [5.74, 6) is 0.672. The smallest absolute Gasteiger partial charge is 0.137 e. The minimum Gasteiger partial charge on any atom is -0.492 e. The van der Waals surface area contributed by atoms with Gasteiger partial charge in [0.1, 0.15) is 11.9 Å². The summed E-state index contributed by atoms with van der Waals surface area (Å²) in [6.45, 7) is 4.51. The van der Waals surface area contributed by atoms with Gasteiger partial charge in [-0.05, 0) is 37.1 Å². The van der Waals surface area contributed by atoms with Gasteiger partial charge in [0, 0.05) is 16.2 Å². The van der Waals surface area contributed by atoms with Crippen molar-refractivity contribution in [2.45, 2.75) is 20.0 Å². The number of benzene rings is 1. The number of pyridine rings is 1. The zero-order valence-corrected chi connectivity index (χ0v) is 12.5. The van der Waals surface area contributed by atoms with Crippen LogP contribution >= 0.6 is 15.9 Å². The highest BCUT2D eigenvalue weighted by atomic mass is 79.9. The number of hydrogen-bond donors (Lipinski definition) is 1. The molecule has 0 fully saturated rings. The molecule has 2 rings (SSSR count). The van der Waals surface area contributed by atoms with Gasteiger partial charge in [-0.3, -0.25) is 4.98 Å². The third-order valence-electron chi connectivity index (χ3n) is 2.87. The lowest BCUT2D eigenvalue weighted by Gasteiger charge is -2.13. The summed E-state index contributed by atoms with van der Waals surface area (Å²) in [6.07, 6.45) is 2.59. The second-order valence-corrected chi connectivity index (χ2v) is 5.15. The standard InChI is InChI=1S/C15H16BrNO2/c1-3-19-13-6-12(8-17-9-13)15(18)11-5-4-10(2)14(16)7-11/h4-9,15,18H,3H2,1-2H3. The van der Waals surface area contributed by atoms with Gasteiger partial charge in [-0.15, -0.1) is 0 Å². The van der Waals surface area contributed by atoms with E-state index in [0.29, 0.717) is 12.4 Å². The average Bonchev–Trinajstić information content (AvgIpc) is 2.42. The van der Waals surface area contributed by atoms with E-state index in [-0.39, 0.29) is 0 Å². The van der Waals surface area contributed by atoms with Crippen molar-refractivity contribution < 1.29 is 9.84 Å². The van der Waals surface area contributed by atoms with Crippen LogP contribution in [0.25, 0.3) is 0 Å². The first kappa shape index (κ1) is 14.0. The molecule has 1 aromatic heterocycles. The van der Waals surface area contributed by atoms with E-state index in [9.17, 15) is 5.11 Å². The molecule has 4 heteroatoms. The fourth-order valence-electron chi connectivity index (χ4n) is 1.80. The van der Waals surface area contributed by atoms with Gasteiger partial charge >= 0.3 is 0 Å². The highest BCUT2D eigenvalue weighted by Gasteiger charge is 2.12. The highest BCUT2D eigenvalue weighted by Crippen LogP contribution is 2.27. The number of aliphatic hydroxyl groups excluding tert-OH is 1. The van der Waals surface area contributed by atoms with Gasteiger partial charge in [-0.2, -0.15) is 0 Å². The molecule has 0 aliphatic rings. The molecule has 2 aromatic rings. The summed E-state index contributed by atoms with van der Waals surface area (Å²) >= 11 is 3.47. The number of aryl methyl sites for hydroxylation is 1. The van der Waals surface area contributed by atoms with Crippen molar-refractivity contribution in [2.75, 3.05) is 6.61 Å². The molecule has 19 heavy (non-hydrogen) atoms. The van der Waals surface area contributed by atoms with Gasteiger partial charge in [0.25, 0.3) is 0 Å². The van der Waals surface area contributed by atoms with Crippen LogP contribution in [0.4, 0.5) is 0 Å². The van der Waals surface area contributed by atoms with E-state index in [2.05, 4.69) is 20.9 Å². The molecule has 0 radical (unpaired) electrons. The minimum atomic E-state index is -0.704. The molecular formula is C15H16BrNO2. The predicted molar refractivity (Wildman–Crippen MR) is 78.3 cm³/mol. The Balaban J connectivity index is 2.29. The lowest BCUT2D eigenvalue weighted by Crippen LogP contribution is -2.02. The summed E-state index contributed by atoms with van der Waals surface area (Å²) in [6, 6.07) is 7.63. The lowest BCUT2D eigenvalue weighted by atomic mass is 10.0. The number of halogens is 1. The van der Waals surface area contributed by atoms with Crippen LogP contribution < -0.4 is 4.74 Å². The van der Waals surface area contributed by atoms with E-state index >= 15 is 0 Å². The van der Waals surface area contributed by atoms with Gasteiger partial charge in [0.05, 0.1) is 12.8 Å². The van der Waals surface area contributed by atoms with E-state index in [1.54, 1.807) is 12.4 Å². The molecule has 100 valence electrons. The fourth-order valence-corrected chi connectivity index (χ4v) is 2.20. The van der Waals surface area contributed by atoms with Crippen molar-refractivity contribution in [1.29, 1.82) is 0 Å². The Bertz CT molecular complexity index is 572. The van der Waals surface area contributed by atoms with Crippen LogP contribution in [0.1, 0.15) is 29.7 Å². The number of aromatic nitrogens is 1. The molecule has 0 spiro atoms. The van der Waals surface area contributed by atoms with Crippen LogP contribution in [0.2, 0.25) is 0 Å². The molecule has 1 atom stereocenters. The van der Waals surface area contributed by atoms with E-state index in [1.807, 2.05) is 38.1 Å². The van der Waals surface area contributed by atoms with Crippen molar-refractivity contribution >= 4 is 15.9 Å². The Morgan fingerprint density at radius 3 is 2.74 bits per heavy atom. The van der Waals surface area contributed by atoms with E-state index in [0.717, 1.165) is 21.2 Å². The molecule has 0 aliphatic heterocycles. The van der Waals surface area contributed by atoms with E-state index in [1.165, 1.54) is 0 Å². The Morgan fingerprint density at radius 1 is 1.26 bits per heavy atom. The summed E-state index contributed by atoms with van der Waals surface area (Å²) in [4.78, 5) is 4.09. The van der Waals surface area contributed by atoms with Crippen LogP contribution in [0.15, 0.2) is 41.1 Å². The minimum absolute atomic E-state index is 0.581. The third kappa shape index (κ3) is 3.33. The molecule has 1 N–H and O–H groups in total. The number of nitrogens with zero attached hydrogens (tertiary/aromatic N) is 1. The summed E-state index contributed by atoms with van der Waals surface area (Å²) < 4.78 is 6.38. The van der Waals surface area contributed by atoms with Crippen LogP contribution in [0, 0.1) is 6.92 Å². The number of rotatable bonds is 4. The van der Waals surface area contributed by atoms with Crippen LogP contribution in [0.5, 0.6) is 5.75 Å². The van der Waals surface area contributed by atoms with Gasteiger partial charge < -0.3 is 9.84 Å². The number of aliphatic hydroxyl groups is 1. The van der Waals surface area contributed by atoms with Crippen molar-refractivity contribution in [1.82, 2.24) is 4.98 Å². The summed E-state index contributed by atoms with van der Waals surface area (Å²) in [5.41, 5.74) is 2.69. The molecule has 1 heterocycles. The van der Waals surface area contributed by atoms with Crippen molar-refractivity contribution in [2.24, 2.45) is 0 Å². The van der Waals surface area contributed by atoms with E-state index < -0.39 is 6.10 Å². The van der Waals surface area contributed by atoms with Gasteiger partial charge in [0.15, 0.2) is 0 Å². The molecule has 0 saturated heterocycles. The average molecular weight is 322 g/mol. The van der Waals surface area contributed by atoms with Crippen LogP contribution in [0.3, 0.4) is 0 Å². The lowest BCUT2D eigenvalue weighted by molar-refractivity contribution is 0.219. The second kappa shape index (κ2) is 6.17. The molecule has 0 aliphatic carbocycles. The first-order chi connectivity index (χ1) is 9.11. The quantitative estimate of drug-likeness (QED) is 0.935. The first-order valence-corrected chi connectivity index (χ1v) is 6.93. The highest BCUT2D eigenvalue weighted by molar-refractivity contribution is 9.10. The Labute approximate surface area is 121 Å². The second-order valence-electron chi connectivity index (χ2n) is 4.30. The SMILES string of the molecule is CCOc1cncc(C(O)c2ccc(C)c(Br)c2)c1. The normalized spacial score (nSPS) is 12.2. The fraction of sp³-hybridized carbons (Fsp3) is 0.267. The van der Waals surface area contributed by atoms with Crippen molar-refractivity contribution in [3.05, 3.63) is 57.8 Å².